The van der Waals surface area contributed by atoms with Crippen LogP contribution in [0.5, 0.6) is 0 Å². The van der Waals surface area contributed by atoms with E-state index in [1.807, 2.05) is 0 Å². The first kappa shape index (κ1) is 20.2. The molecule has 1 aromatic carbocycles. The van der Waals surface area contributed by atoms with Crippen molar-refractivity contribution in [3.8, 4) is 11.5 Å². The van der Waals surface area contributed by atoms with E-state index in [-0.39, 0.29) is 28.5 Å². The van der Waals surface area contributed by atoms with Crippen molar-refractivity contribution in [2.75, 3.05) is 5.32 Å². The summed E-state index contributed by atoms with van der Waals surface area (Å²) in [6.45, 7) is 1.31. The Morgan fingerprint density at radius 3 is 2.81 bits per heavy atom. The van der Waals surface area contributed by atoms with E-state index in [0.29, 0.717) is 5.65 Å². The fourth-order valence-corrected chi connectivity index (χ4v) is 3.65. The fourth-order valence-electron chi connectivity index (χ4n) is 3.65. The average Bonchev–Trinajstić information content (AvgIpc) is 3.39. The van der Waals surface area contributed by atoms with Gasteiger partial charge in [-0.25, -0.2) is 22.5 Å². The van der Waals surface area contributed by atoms with Gasteiger partial charge in [-0.15, -0.1) is 0 Å². The maximum absolute atomic E-state index is 15.3. The van der Waals surface area contributed by atoms with E-state index in [2.05, 4.69) is 20.4 Å². The van der Waals surface area contributed by atoms with Crippen molar-refractivity contribution < 1.29 is 26.9 Å². The van der Waals surface area contributed by atoms with E-state index in [9.17, 15) is 18.0 Å². The predicted molar refractivity (Wildman–Crippen MR) is 104 cm³/mol. The van der Waals surface area contributed by atoms with Crippen LogP contribution in [0, 0.1) is 18.6 Å². The number of imidazole rings is 1. The summed E-state index contributed by atoms with van der Waals surface area (Å²) in [5.41, 5.74) is -0.282. The largest absolute Gasteiger partial charge is 0.334 e. The van der Waals surface area contributed by atoms with Crippen LogP contribution in [-0.4, -0.2) is 31.4 Å². The van der Waals surface area contributed by atoms with Gasteiger partial charge in [-0.3, -0.25) is 9.20 Å². The monoisotopic (exact) mass is 445 g/mol. The number of fused-ring (bicyclic) bond motifs is 1. The van der Waals surface area contributed by atoms with E-state index < -0.39 is 47.9 Å². The topological polar surface area (TPSA) is 85.3 Å². The Balaban J connectivity index is 1.48. The average molecular weight is 445 g/mol. The molecule has 0 unspecified atom stereocenters. The first-order valence-corrected chi connectivity index (χ1v) is 9.67. The van der Waals surface area contributed by atoms with Crippen molar-refractivity contribution in [2.24, 2.45) is 0 Å². The fraction of sp³-hybridized carbons (Fsp3) is 0.238. The van der Waals surface area contributed by atoms with Crippen LogP contribution in [0.15, 0.2) is 41.2 Å². The van der Waals surface area contributed by atoms with Crippen molar-refractivity contribution in [1.29, 1.82) is 0 Å². The predicted octanol–water partition coefficient (Wildman–Crippen LogP) is 4.74. The number of nitrogens with one attached hydrogen (secondary N) is 1. The Bertz CT molecular complexity index is 1360. The normalized spacial score (nSPS) is 15.7. The highest BCUT2D eigenvalue weighted by molar-refractivity contribution is 6.04. The summed E-state index contributed by atoms with van der Waals surface area (Å²) >= 11 is 0. The number of hydrogen-bond donors (Lipinski definition) is 1. The number of alkyl halides is 2. The Morgan fingerprint density at radius 2 is 2.06 bits per heavy atom. The highest BCUT2D eigenvalue weighted by atomic mass is 19.3. The maximum Gasteiger partial charge on any atom is 0.274 e. The molecule has 3 heterocycles. The Kier molecular flexibility index (Phi) is 4.50. The second-order valence-electron chi connectivity index (χ2n) is 7.67. The number of nitrogens with zero attached hydrogens (tertiary/aromatic N) is 4. The van der Waals surface area contributed by atoms with Gasteiger partial charge in [0, 0.05) is 30.5 Å². The minimum absolute atomic E-state index is 0.00243. The van der Waals surface area contributed by atoms with Gasteiger partial charge in [0.05, 0.1) is 17.4 Å². The van der Waals surface area contributed by atoms with Crippen LogP contribution < -0.4 is 5.32 Å². The zero-order valence-electron chi connectivity index (χ0n) is 16.6. The summed E-state index contributed by atoms with van der Waals surface area (Å²) < 4.78 is 62.6. The van der Waals surface area contributed by atoms with Gasteiger partial charge in [-0.05, 0) is 25.1 Å². The van der Waals surface area contributed by atoms with Crippen molar-refractivity contribution in [3.05, 3.63) is 65.4 Å². The standard InChI is InChI=1S/C21H15F4N5O2/c1-10-13(22)6-12(20-28-18(29-32-20)11-7-21(24,25)8-11)16(23)17(10)27-19(31)14-9-26-15-4-2-3-5-30(14)15/h2-6,9,11H,7-8H2,1H3,(H,27,31). The van der Waals surface area contributed by atoms with Crippen LogP contribution >= 0.6 is 0 Å². The zero-order valence-corrected chi connectivity index (χ0v) is 16.6. The molecule has 4 aromatic rings. The number of anilines is 1. The van der Waals surface area contributed by atoms with Crippen LogP contribution in [0.4, 0.5) is 23.2 Å². The van der Waals surface area contributed by atoms with Crippen LogP contribution in [-0.2, 0) is 0 Å². The smallest absolute Gasteiger partial charge is 0.274 e. The lowest BCUT2D eigenvalue weighted by molar-refractivity contribution is -0.0888. The third kappa shape index (κ3) is 3.29. The number of aromatic nitrogens is 4. The first-order valence-electron chi connectivity index (χ1n) is 9.67. The van der Waals surface area contributed by atoms with Gasteiger partial charge in [-0.2, -0.15) is 4.98 Å². The third-order valence-corrected chi connectivity index (χ3v) is 5.48. The van der Waals surface area contributed by atoms with Gasteiger partial charge in [0.2, 0.25) is 5.92 Å². The summed E-state index contributed by atoms with van der Waals surface area (Å²) in [5.74, 6) is -6.27. The van der Waals surface area contributed by atoms with E-state index >= 15 is 4.39 Å². The SMILES string of the molecule is Cc1c(F)cc(-c2nc(C3CC(F)(F)C3)no2)c(F)c1NC(=O)c1cnc2ccccn12. The van der Waals surface area contributed by atoms with E-state index in [4.69, 9.17) is 4.52 Å². The van der Waals surface area contributed by atoms with Gasteiger partial charge in [0.1, 0.15) is 17.2 Å². The summed E-state index contributed by atoms with van der Waals surface area (Å²) in [6, 6.07) is 5.99. The Hall–Kier alpha value is -3.76. The maximum atomic E-state index is 15.3. The number of carbonyl (C=O) groups is 1. The van der Waals surface area contributed by atoms with Crippen molar-refractivity contribution in [1.82, 2.24) is 19.5 Å². The molecule has 0 aliphatic heterocycles. The van der Waals surface area contributed by atoms with Crippen molar-refractivity contribution >= 4 is 17.2 Å². The summed E-state index contributed by atoms with van der Waals surface area (Å²) in [6.07, 6.45) is 2.06. The molecular formula is C21H15F4N5O2. The minimum atomic E-state index is -2.79. The molecule has 7 nitrogen and oxygen atoms in total. The van der Waals surface area contributed by atoms with E-state index in [0.717, 1.165) is 6.07 Å². The lowest BCUT2D eigenvalue weighted by atomic mass is 9.81. The van der Waals surface area contributed by atoms with Crippen LogP contribution in [0.2, 0.25) is 0 Å². The molecular weight excluding hydrogens is 430 g/mol. The Labute approximate surface area is 178 Å². The van der Waals surface area contributed by atoms with Crippen molar-refractivity contribution in [2.45, 2.75) is 31.6 Å². The number of benzene rings is 1. The molecule has 1 saturated carbocycles. The molecule has 0 bridgehead atoms. The van der Waals surface area contributed by atoms with Gasteiger partial charge < -0.3 is 9.84 Å². The molecule has 1 aliphatic rings. The molecule has 1 amide bonds. The lowest BCUT2D eigenvalue weighted by Crippen LogP contribution is -2.34. The number of hydrogen-bond acceptors (Lipinski definition) is 5. The van der Waals surface area contributed by atoms with Crippen LogP contribution in [0.3, 0.4) is 0 Å². The second-order valence-corrected chi connectivity index (χ2v) is 7.67. The van der Waals surface area contributed by atoms with Gasteiger partial charge >= 0.3 is 0 Å². The van der Waals surface area contributed by atoms with Crippen LogP contribution in [0.1, 0.15) is 40.6 Å². The highest BCUT2D eigenvalue weighted by Gasteiger charge is 2.48. The number of amides is 1. The van der Waals surface area contributed by atoms with Gasteiger partial charge in [-0.1, -0.05) is 11.2 Å². The molecule has 1 fully saturated rings. The van der Waals surface area contributed by atoms with E-state index in [1.165, 1.54) is 17.5 Å². The highest BCUT2D eigenvalue weighted by Crippen LogP contribution is 2.47. The molecule has 164 valence electrons. The summed E-state index contributed by atoms with van der Waals surface area (Å²) in [7, 11) is 0. The number of pyridine rings is 1. The Morgan fingerprint density at radius 1 is 1.28 bits per heavy atom. The summed E-state index contributed by atoms with van der Waals surface area (Å²) in [4.78, 5) is 20.8. The van der Waals surface area contributed by atoms with Crippen LogP contribution in [0.25, 0.3) is 17.1 Å². The number of rotatable bonds is 4. The van der Waals surface area contributed by atoms with E-state index in [1.54, 1.807) is 24.4 Å². The molecule has 0 radical (unpaired) electrons. The molecule has 0 saturated heterocycles. The van der Waals surface area contributed by atoms with Crippen molar-refractivity contribution in [3.63, 3.8) is 0 Å². The van der Waals surface area contributed by atoms with Gasteiger partial charge in [0.15, 0.2) is 11.6 Å². The molecule has 1 N–H and O–H groups in total. The third-order valence-electron chi connectivity index (χ3n) is 5.48. The lowest BCUT2D eigenvalue weighted by Gasteiger charge is -2.32. The molecule has 0 spiro atoms. The van der Waals surface area contributed by atoms with Gasteiger partial charge in [0.25, 0.3) is 11.8 Å². The number of halogens is 4. The molecule has 11 heteroatoms. The minimum Gasteiger partial charge on any atom is -0.334 e. The zero-order chi connectivity index (χ0) is 22.6. The molecule has 32 heavy (non-hydrogen) atoms. The first-order chi connectivity index (χ1) is 15.2. The molecule has 0 atom stereocenters. The molecule has 3 aromatic heterocycles. The molecule has 1 aliphatic carbocycles. The quantitative estimate of drug-likeness (QED) is 0.459. The summed E-state index contributed by atoms with van der Waals surface area (Å²) in [5, 5.41) is 6.01. The second kappa shape index (κ2) is 7.14. The molecule has 5 rings (SSSR count). The number of carbonyl (C=O) groups excluding carboxylic acids is 1.